The molecule has 0 aliphatic heterocycles. The second-order valence-electron chi connectivity index (χ2n) is 4.26. The molecular weight excluding hydrogens is 184 g/mol. The third kappa shape index (κ3) is 1.41. The van der Waals surface area contributed by atoms with Crippen LogP contribution in [0.4, 0.5) is 0 Å². The summed E-state index contributed by atoms with van der Waals surface area (Å²) in [6, 6.07) is 8.07. The fourth-order valence-electron chi connectivity index (χ4n) is 1.96. The zero-order valence-electron chi connectivity index (χ0n) is 9.28. The molecule has 0 aliphatic rings. The van der Waals surface area contributed by atoms with E-state index in [9.17, 15) is 0 Å². The Morgan fingerprint density at radius 1 is 1.33 bits per heavy atom. The van der Waals surface area contributed by atoms with Crippen LogP contribution < -0.4 is 0 Å². The van der Waals surface area contributed by atoms with Gasteiger partial charge in [-0.15, -0.1) is 6.42 Å². The highest BCUT2D eigenvalue weighted by atomic mass is 15.3. The van der Waals surface area contributed by atoms with Gasteiger partial charge in [-0.1, -0.05) is 24.1 Å². The molecule has 15 heavy (non-hydrogen) atoms. The molecule has 2 rings (SSSR count). The van der Waals surface area contributed by atoms with Crippen molar-refractivity contribution in [3.05, 3.63) is 30.0 Å². The van der Waals surface area contributed by atoms with Crippen molar-refractivity contribution in [2.24, 2.45) is 7.05 Å². The molecule has 0 saturated carbocycles. The zero-order chi connectivity index (χ0) is 11.1. The molecule has 0 atom stereocenters. The van der Waals surface area contributed by atoms with Gasteiger partial charge in [0.25, 0.3) is 0 Å². The van der Waals surface area contributed by atoms with E-state index < -0.39 is 0 Å². The average molecular weight is 198 g/mol. The smallest absolute Gasteiger partial charge is 0.0926 e. The molecule has 0 bridgehead atoms. The Morgan fingerprint density at radius 2 is 2.00 bits per heavy atom. The molecule has 2 aromatic rings. The van der Waals surface area contributed by atoms with E-state index in [1.165, 1.54) is 0 Å². The molecule has 2 nitrogen and oxygen atoms in total. The lowest BCUT2D eigenvalue weighted by molar-refractivity contribution is 0.600. The van der Waals surface area contributed by atoms with Crippen LogP contribution in [0.1, 0.15) is 19.5 Å². The maximum absolute atomic E-state index is 5.57. The molecular formula is C13H14N2. The van der Waals surface area contributed by atoms with E-state index >= 15 is 0 Å². The topological polar surface area (TPSA) is 17.8 Å². The van der Waals surface area contributed by atoms with Crippen molar-refractivity contribution in [3.8, 4) is 12.3 Å². The highest BCUT2D eigenvalue weighted by Crippen LogP contribution is 2.28. The normalized spacial score (nSPS) is 11.6. The predicted octanol–water partition coefficient (Wildman–Crippen LogP) is 2.48. The lowest BCUT2D eigenvalue weighted by Crippen LogP contribution is -2.18. The Labute approximate surface area is 89.9 Å². The van der Waals surface area contributed by atoms with Gasteiger partial charge < -0.3 is 0 Å². The van der Waals surface area contributed by atoms with Gasteiger partial charge in [-0.05, 0) is 19.9 Å². The number of benzene rings is 1. The first-order valence-electron chi connectivity index (χ1n) is 4.96. The van der Waals surface area contributed by atoms with Crippen molar-refractivity contribution in [3.63, 3.8) is 0 Å². The number of aromatic nitrogens is 2. The Balaban J connectivity index is 2.82. The Bertz CT molecular complexity index is 541. The molecule has 2 heteroatoms. The first-order valence-corrected chi connectivity index (χ1v) is 4.96. The van der Waals surface area contributed by atoms with Crippen LogP contribution in [0.15, 0.2) is 24.3 Å². The third-order valence-corrected chi connectivity index (χ3v) is 2.69. The summed E-state index contributed by atoms with van der Waals surface area (Å²) < 4.78 is 1.88. The fourth-order valence-corrected chi connectivity index (χ4v) is 1.96. The maximum atomic E-state index is 5.57. The lowest BCUT2D eigenvalue weighted by atomic mass is 9.88. The fraction of sp³-hybridized carbons (Fsp3) is 0.308. The van der Waals surface area contributed by atoms with E-state index in [0.29, 0.717) is 0 Å². The van der Waals surface area contributed by atoms with Gasteiger partial charge in [0.05, 0.1) is 16.6 Å². The highest BCUT2D eigenvalue weighted by molar-refractivity contribution is 5.83. The monoisotopic (exact) mass is 198 g/mol. The van der Waals surface area contributed by atoms with Crippen molar-refractivity contribution in [2.75, 3.05) is 0 Å². The maximum Gasteiger partial charge on any atom is 0.0926 e. The molecule has 0 saturated heterocycles. The van der Waals surface area contributed by atoms with Gasteiger partial charge in [0.2, 0.25) is 0 Å². The molecule has 1 heterocycles. The van der Waals surface area contributed by atoms with Crippen molar-refractivity contribution in [1.82, 2.24) is 9.78 Å². The van der Waals surface area contributed by atoms with Crippen LogP contribution in [0.2, 0.25) is 0 Å². The van der Waals surface area contributed by atoms with Crippen LogP contribution in [-0.2, 0) is 12.5 Å². The van der Waals surface area contributed by atoms with Gasteiger partial charge in [-0.3, -0.25) is 4.68 Å². The third-order valence-electron chi connectivity index (χ3n) is 2.69. The minimum atomic E-state index is -0.287. The first-order chi connectivity index (χ1) is 7.06. The second kappa shape index (κ2) is 3.13. The molecule has 0 aliphatic carbocycles. The number of nitrogens with zero attached hydrogens (tertiary/aromatic N) is 2. The standard InChI is InChI=1S/C13H14N2/c1-5-13(2,3)12-10-8-6-7-9-11(10)14-15(12)4/h1,6-9H,2-4H3. The molecule has 0 amide bonds. The van der Waals surface area contributed by atoms with Crippen LogP contribution in [0, 0.1) is 12.3 Å². The van der Waals surface area contributed by atoms with E-state index in [4.69, 9.17) is 6.42 Å². The number of hydrogen-bond donors (Lipinski definition) is 0. The number of terminal acetylenes is 1. The SMILES string of the molecule is C#CC(C)(C)c1c2ccccc2nn1C. The summed E-state index contributed by atoms with van der Waals surface area (Å²) in [5, 5.41) is 5.59. The molecule has 0 radical (unpaired) electrons. The number of rotatable bonds is 1. The van der Waals surface area contributed by atoms with Crippen molar-refractivity contribution in [2.45, 2.75) is 19.3 Å². The molecule has 0 N–H and O–H groups in total. The number of fused-ring (bicyclic) bond motifs is 1. The average Bonchev–Trinajstić information content (AvgIpc) is 2.54. The lowest BCUT2D eigenvalue weighted by Gasteiger charge is -2.18. The van der Waals surface area contributed by atoms with Gasteiger partial charge in [0.15, 0.2) is 0 Å². The van der Waals surface area contributed by atoms with Crippen molar-refractivity contribution in [1.29, 1.82) is 0 Å². The molecule has 1 aromatic heterocycles. The summed E-state index contributed by atoms with van der Waals surface area (Å²) in [4.78, 5) is 0. The van der Waals surface area contributed by atoms with E-state index in [0.717, 1.165) is 16.6 Å². The Kier molecular flexibility index (Phi) is 2.04. The summed E-state index contributed by atoms with van der Waals surface area (Å²) >= 11 is 0. The van der Waals surface area contributed by atoms with E-state index in [1.807, 2.05) is 43.8 Å². The first kappa shape index (κ1) is 9.79. The number of hydrogen-bond acceptors (Lipinski definition) is 1. The van der Waals surface area contributed by atoms with Crippen LogP contribution in [-0.4, -0.2) is 9.78 Å². The predicted molar refractivity (Wildman–Crippen MR) is 62.6 cm³/mol. The summed E-state index contributed by atoms with van der Waals surface area (Å²) in [6.45, 7) is 4.08. The van der Waals surface area contributed by atoms with Gasteiger partial charge in [-0.25, -0.2) is 0 Å². The Morgan fingerprint density at radius 3 is 2.67 bits per heavy atom. The van der Waals surface area contributed by atoms with Crippen molar-refractivity contribution < 1.29 is 0 Å². The largest absolute Gasteiger partial charge is 0.270 e. The number of aryl methyl sites for hydroxylation is 1. The van der Waals surface area contributed by atoms with E-state index in [1.54, 1.807) is 0 Å². The van der Waals surface area contributed by atoms with Crippen molar-refractivity contribution >= 4 is 10.9 Å². The molecule has 76 valence electrons. The highest BCUT2D eigenvalue weighted by Gasteiger charge is 2.24. The molecule has 0 unspecified atom stereocenters. The van der Waals surface area contributed by atoms with Gasteiger partial charge in [0.1, 0.15) is 0 Å². The minimum absolute atomic E-state index is 0.287. The van der Waals surface area contributed by atoms with Crippen LogP contribution in [0.25, 0.3) is 10.9 Å². The zero-order valence-corrected chi connectivity index (χ0v) is 9.28. The van der Waals surface area contributed by atoms with Crippen LogP contribution in [0.5, 0.6) is 0 Å². The van der Waals surface area contributed by atoms with Crippen LogP contribution in [0.3, 0.4) is 0 Å². The van der Waals surface area contributed by atoms with Crippen LogP contribution >= 0.6 is 0 Å². The molecule has 0 spiro atoms. The molecule has 1 aromatic carbocycles. The summed E-state index contributed by atoms with van der Waals surface area (Å²) in [5.41, 5.74) is 1.81. The van der Waals surface area contributed by atoms with Gasteiger partial charge in [-0.2, -0.15) is 5.10 Å². The summed E-state index contributed by atoms with van der Waals surface area (Å²) in [6.07, 6.45) is 5.57. The summed E-state index contributed by atoms with van der Waals surface area (Å²) in [5.74, 6) is 2.82. The van der Waals surface area contributed by atoms with Gasteiger partial charge >= 0.3 is 0 Å². The summed E-state index contributed by atoms with van der Waals surface area (Å²) in [7, 11) is 1.94. The molecule has 0 fully saturated rings. The minimum Gasteiger partial charge on any atom is -0.270 e. The second-order valence-corrected chi connectivity index (χ2v) is 4.26. The Hall–Kier alpha value is -1.75. The van der Waals surface area contributed by atoms with Gasteiger partial charge in [0, 0.05) is 12.4 Å². The van der Waals surface area contributed by atoms with E-state index in [-0.39, 0.29) is 5.41 Å². The van der Waals surface area contributed by atoms with E-state index in [2.05, 4.69) is 17.1 Å². The quantitative estimate of drug-likeness (QED) is 0.644.